The first-order valence-electron chi connectivity index (χ1n) is 8.05. The third kappa shape index (κ3) is 4.47. The summed E-state index contributed by atoms with van der Waals surface area (Å²) in [6.07, 6.45) is 0.790. The molecular weight excluding hydrogens is 320 g/mol. The summed E-state index contributed by atoms with van der Waals surface area (Å²) in [5.74, 6) is 0.775. The molecule has 0 saturated heterocycles. The molecule has 0 N–H and O–H groups in total. The molecule has 5 heteroatoms. The van der Waals surface area contributed by atoms with Crippen LogP contribution in [0.3, 0.4) is 0 Å². The van der Waals surface area contributed by atoms with Crippen molar-refractivity contribution in [3.05, 3.63) is 70.6 Å². The van der Waals surface area contributed by atoms with E-state index in [-0.39, 0.29) is 12.4 Å². The highest BCUT2D eigenvalue weighted by Crippen LogP contribution is 2.22. The number of fused-ring (bicyclic) bond motifs is 1. The molecule has 0 aliphatic heterocycles. The highest BCUT2D eigenvalue weighted by molar-refractivity contribution is 5.82. The second-order valence-corrected chi connectivity index (χ2v) is 5.65. The van der Waals surface area contributed by atoms with E-state index in [1.54, 1.807) is 18.2 Å². The monoisotopic (exact) mass is 338 g/mol. The van der Waals surface area contributed by atoms with Gasteiger partial charge < -0.3 is 13.9 Å². The highest BCUT2D eigenvalue weighted by Gasteiger charge is 2.08. The van der Waals surface area contributed by atoms with E-state index < -0.39 is 5.63 Å². The van der Waals surface area contributed by atoms with E-state index in [1.165, 1.54) is 6.07 Å². The Morgan fingerprint density at radius 2 is 1.84 bits per heavy atom. The van der Waals surface area contributed by atoms with E-state index in [4.69, 9.17) is 13.9 Å². The minimum absolute atomic E-state index is 0.239. The summed E-state index contributed by atoms with van der Waals surface area (Å²) in [5, 5.41) is 0.815. The Hall–Kier alpha value is -3.08. The standard InChI is InChI=1S/C20H18O5/c1-14-12-20(22)25-18-13-16(9-10-17(14)18)24-19(21)8-5-11-23-15-6-3-2-4-7-15/h2-4,6-7,9-10,12-13H,5,8,11H2,1H3. The number of ether oxygens (including phenoxy) is 2. The van der Waals surface area contributed by atoms with Gasteiger partial charge in [0.15, 0.2) is 0 Å². The first-order valence-corrected chi connectivity index (χ1v) is 8.05. The number of hydrogen-bond acceptors (Lipinski definition) is 5. The zero-order valence-corrected chi connectivity index (χ0v) is 13.9. The van der Waals surface area contributed by atoms with Gasteiger partial charge in [0, 0.05) is 23.9 Å². The van der Waals surface area contributed by atoms with Gasteiger partial charge in [-0.3, -0.25) is 4.79 Å². The Kier molecular flexibility index (Phi) is 5.14. The van der Waals surface area contributed by atoms with Crippen molar-refractivity contribution in [2.24, 2.45) is 0 Å². The van der Waals surface area contributed by atoms with Crippen molar-refractivity contribution in [1.82, 2.24) is 0 Å². The van der Waals surface area contributed by atoms with Crippen LogP contribution in [-0.4, -0.2) is 12.6 Å². The minimum atomic E-state index is -0.425. The molecule has 1 aromatic heterocycles. The average Bonchev–Trinajstić information content (AvgIpc) is 2.59. The van der Waals surface area contributed by atoms with Crippen LogP contribution in [0, 0.1) is 6.92 Å². The van der Waals surface area contributed by atoms with E-state index in [1.807, 2.05) is 37.3 Å². The molecule has 0 fully saturated rings. The number of carbonyl (C=O) groups is 1. The van der Waals surface area contributed by atoms with Crippen LogP contribution in [0.15, 0.2) is 63.8 Å². The summed E-state index contributed by atoms with van der Waals surface area (Å²) in [6.45, 7) is 2.27. The number of aryl methyl sites for hydroxylation is 1. The Bertz CT molecular complexity index is 928. The fourth-order valence-corrected chi connectivity index (χ4v) is 2.47. The van der Waals surface area contributed by atoms with Gasteiger partial charge in [0.05, 0.1) is 6.61 Å². The van der Waals surface area contributed by atoms with Crippen LogP contribution < -0.4 is 15.1 Å². The lowest BCUT2D eigenvalue weighted by Gasteiger charge is -2.07. The molecule has 3 rings (SSSR count). The van der Waals surface area contributed by atoms with Gasteiger partial charge in [-0.05, 0) is 43.2 Å². The molecule has 128 valence electrons. The van der Waals surface area contributed by atoms with Crippen molar-refractivity contribution in [3.63, 3.8) is 0 Å². The number of rotatable bonds is 6. The summed E-state index contributed by atoms with van der Waals surface area (Å²) in [4.78, 5) is 23.4. The minimum Gasteiger partial charge on any atom is -0.494 e. The van der Waals surface area contributed by atoms with Crippen LogP contribution in [0.1, 0.15) is 18.4 Å². The number of benzene rings is 2. The number of carbonyl (C=O) groups excluding carboxylic acids is 1. The van der Waals surface area contributed by atoms with Gasteiger partial charge in [-0.25, -0.2) is 4.79 Å². The molecule has 0 atom stereocenters. The van der Waals surface area contributed by atoms with Crippen molar-refractivity contribution in [2.75, 3.05) is 6.61 Å². The molecule has 0 bridgehead atoms. The van der Waals surface area contributed by atoms with Crippen LogP contribution in [0.2, 0.25) is 0 Å². The zero-order chi connectivity index (χ0) is 17.6. The first kappa shape index (κ1) is 16.8. The maximum Gasteiger partial charge on any atom is 0.336 e. The highest BCUT2D eigenvalue weighted by atomic mass is 16.5. The summed E-state index contributed by atoms with van der Waals surface area (Å²) in [6, 6.07) is 15.9. The summed E-state index contributed by atoms with van der Waals surface area (Å²) < 4.78 is 16.0. The van der Waals surface area contributed by atoms with Crippen molar-refractivity contribution in [1.29, 1.82) is 0 Å². The molecule has 0 spiro atoms. The van der Waals surface area contributed by atoms with Crippen molar-refractivity contribution < 1.29 is 18.7 Å². The Balaban J connectivity index is 1.54. The predicted molar refractivity (Wildman–Crippen MR) is 94.0 cm³/mol. The van der Waals surface area contributed by atoms with Crippen LogP contribution >= 0.6 is 0 Å². The lowest BCUT2D eigenvalue weighted by molar-refractivity contribution is -0.134. The third-order valence-corrected chi connectivity index (χ3v) is 3.69. The molecule has 0 aliphatic rings. The fourth-order valence-electron chi connectivity index (χ4n) is 2.47. The van der Waals surface area contributed by atoms with Gasteiger partial charge >= 0.3 is 11.6 Å². The Labute approximate surface area is 144 Å². The van der Waals surface area contributed by atoms with Gasteiger partial charge in [0.1, 0.15) is 17.1 Å². The summed E-state index contributed by atoms with van der Waals surface area (Å²) >= 11 is 0. The Morgan fingerprint density at radius 3 is 2.64 bits per heavy atom. The van der Waals surface area contributed by atoms with E-state index in [0.717, 1.165) is 16.7 Å². The molecule has 3 aromatic rings. The first-order chi connectivity index (χ1) is 12.1. The molecule has 0 saturated carbocycles. The zero-order valence-electron chi connectivity index (χ0n) is 13.9. The fraction of sp³-hybridized carbons (Fsp3) is 0.200. The average molecular weight is 338 g/mol. The molecule has 0 aliphatic carbocycles. The van der Waals surface area contributed by atoms with Gasteiger partial charge in [0.2, 0.25) is 0 Å². The molecular formula is C20H18O5. The van der Waals surface area contributed by atoms with Gasteiger partial charge in [0.25, 0.3) is 0 Å². The SMILES string of the molecule is Cc1cc(=O)oc2cc(OC(=O)CCCOc3ccccc3)ccc12. The Morgan fingerprint density at radius 1 is 1.04 bits per heavy atom. The van der Waals surface area contributed by atoms with E-state index in [0.29, 0.717) is 24.4 Å². The number of para-hydroxylation sites is 1. The number of hydrogen-bond donors (Lipinski definition) is 0. The summed E-state index contributed by atoms with van der Waals surface area (Å²) in [7, 11) is 0. The summed E-state index contributed by atoms with van der Waals surface area (Å²) in [5.41, 5.74) is 0.802. The topological polar surface area (TPSA) is 65.7 Å². The lowest BCUT2D eigenvalue weighted by Crippen LogP contribution is -2.10. The van der Waals surface area contributed by atoms with Crippen LogP contribution in [0.5, 0.6) is 11.5 Å². The second kappa shape index (κ2) is 7.66. The lowest BCUT2D eigenvalue weighted by atomic mass is 10.1. The van der Waals surface area contributed by atoms with Crippen LogP contribution in [0.25, 0.3) is 11.0 Å². The molecule has 0 unspecified atom stereocenters. The molecule has 0 amide bonds. The largest absolute Gasteiger partial charge is 0.494 e. The van der Waals surface area contributed by atoms with Crippen LogP contribution in [-0.2, 0) is 4.79 Å². The van der Waals surface area contributed by atoms with E-state index in [9.17, 15) is 9.59 Å². The second-order valence-electron chi connectivity index (χ2n) is 5.65. The quantitative estimate of drug-likeness (QED) is 0.295. The van der Waals surface area contributed by atoms with Gasteiger partial charge in [-0.15, -0.1) is 0 Å². The smallest absolute Gasteiger partial charge is 0.336 e. The van der Waals surface area contributed by atoms with Crippen molar-refractivity contribution in [3.8, 4) is 11.5 Å². The van der Waals surface area contributed by atoms with E-state index in [2.05, 4.69) is 0 Å². The maximum atomic E-state index is 11.9. The van der Waals surface area contributed by atoms with Gasteiger partial charge in [-0.2, -0.15) is 0 Å². The third-order valence-electron chi connectivity index (χ3n) is 3.69. The molecule has 5 nitrogen and oxygen atoms in total. The molecule has 2 aromatic carbocycles. The van der Waals surface area contributed by atoms with Crippen LogP contribution in [0.4, 0.5) is 0 Å². The van der Waals surface area contributed by atoms with Crippen molar-refractivity contribution >= 4 is 16.9 Å². The number of esters is 1. The van der Waals surface area contributed by atoms with Crippen molar-refractivity contribution in [2.45, 2.75) is 19.8 Å². The maximum absolute atomic E-state index is 11.9. The normalized spacial score (nSPS) is 10.6. The molecule has 0 radical (unpaired) electrons. The predicted octanol–water partition coefficient (Wildman–Crippen LogP) is 3.87. The molecule has 1 heterocycles. The van der Waals surface area contributed by atoms with E-state index >= 15 is 0 Å². The van der Waals surface area contributed by atoms with Gasteiger partial charge in [-0.1, -0.05) is 18.2 Å². The molecule has 25 heavy (non-hydrogen) atoms.